The molecule has 1 aliphatic carbocycles. The number of nitrogens with one attached hydrogen (secondary N) is 1. The monoisotopic (exact) mass is 288 g/mol. The van der Waals surface area contributed by atoms with Gasteiger partial charge in [-0.2, -0.15) is 0 Å². The van der Waals surface area contributed by atoms with E-state index in [-0.39, 0.29) is 17.9 Å². The van der Waals surface area contributed by atoms with E-state index in [1.54, 1.807) is 24.1 Å². The Morgan fingerprint density at radius 1 is 1.33 bits per heavy atom. The van der Waals surface area contributed by atoms with Crippen LogP contribution in [-0.4, -0.2) is 43.0 Å². The number of carbonyl (C=O) groups excluding carboxylic acids is 2. The van der Waals surface area contributed by atoms with Crippen molar-refractivity contribution < 1.29 is 14.3 Å². The van der Waals surface area contributed by atoms with Crippen molar-refractivity contribution in [2.45, 2.75) is 25.3 Å². The van der Waals surface area contributed by atoms with Gasteiger partial charge in [0, 0.05) is 25.6 Å². The molecule has 1 unspecified atom stereocenters. The second kappa shape index (κ2) is 5.76. The van der Waals surface area contributed by atoms with Crippen LogP contribution >= 0.6 is 0 Å². The summed E-state index contributed by atoms with van der Waals surface area (Å²) in [5, 5.41) is 2.89. The molecule has 2 fully saturated rings. The summed E-state index contributed by atoms with van der Waals surface area (Å²) < 4.78 is 5.64. The molecule has 112 valence electrons. The fourth-order valence-corrected chi connectivity index (χ4v) is 2.43. The van der Waals surface area contributed by atoms with Crippen LogP contribution in [0.1, 0.15) is 29.6 Å². The first-order chi connectivity index (χ1) is 10.1. The van der Waals surface area contributed by atoms with Gasteiger partial charge in [0.15, 0.2) is 0 Å². The van der Waals surface area contributed by atoms with Gasteiger partial charge in [-0.05, 0) is 43.0 Å². The number of likely N-dealkylation sites (tertiary alicyclic amines) is 1. The maximum atomic E-state index is 12.1. The molecule has 1 aromatic rings. The molecule has 5 heteroatoms. The molecule has 5 nitrogen and oxygen atoms in total. The first-order valence-electron chi connectivity index (χ1n) is 7.39. The molecule has 2 aliphatic rings. The minimum absolute atomic E-state index is 0.0733. The van der Waals surface area contributed by atoms with Crippen molar-refractivity contribution in [2.24, 2.45) is 5.92 Å². The number of amides is 2. The molecule has 0 radical (unpaired) electrons. The fraction of sp³-hybridized carbons (Fsp3) is 0.500. The highest BCUT2D eigenvalue weighted by Crippen LogP contribution is 2.29. The number of ether oxygens (including phenoxy) is 1. The van der Waals surface area contributed by atoms with Crippen LogP contribution in [0.15, 0.2) is 24.3 Å². The van der Waals surface area contributed by atoms with Gasteiger partial charge in [0.1, 0.15) is 5.75 Å². The lowest BCUT2D eigenvalue weighted by atomic mass is 10.2. The van der Waals surface area contributed by atoms with Crippen LogP contribution in [0.4, 0.5) is 0 Å². The van der Waals surface area contributed by atoms with Gasteiger partial charge in [-0.1, -0.05) is 0 Å². The minimum Gasteiger partial charge on any atom is -0.493 e. The lowest BCUT2D eigenvalue weighted by molar-refractivity contribution is -0.126. The summed E-state index contributed by atoms with van der Waals surface area (Å²) in [5.41, 5.74) is 0.593. The molecule has 3 rings (SSSR count). The summed E-state index contributed by atoms with van der Waals surface area (Å²) in [4.78, 5) is 25.2. The number of rotatable bonds is 5. The molecular formula is C16H20N2O3. The zero-order valence-electron chi connectivity index (χ0n) is 12.2. The van der Waals surface area contributed by atoms with Crippen LogP contribution in [0.3, 0.4) is 0 Å². The number of benzene rings is 1. The summed E-state index contributed by atoms with van der Waals surface area (Å²) in [5.74, 6) is 1.44. The summed E-state index contributed by atoms with van der Waals surface area (Å²) >= 11 is 0. The van der Waals surface area contributed by atoms with E-state index in [2.05, 4.69) is 5.32 Å². The van der Waals surface area contributed by atoms with Crippen molar-refractivity contribution in [3.05, 3.63) is 29.8 Å². The molecule has 0 aromatic heterocycles. The summed E-state index contributed by atoms with van der Waals surface area (Å²) in [6.07, 6.45) is 2.90. The van der Waals surface area contributed by atoms with Crippen LogP contribution in [0.5, 0.6) is 5.75 Å². The number of hydrogen-bond donors (Lipinski definition) is 1. The van der Waals surface area contributed by atoms with Crippen LogP contribution in [-0.2, 0) is 4.79 Å². The molecule has 1 atom stereocenters. The fourth-order valence-electron chi connectivity index (χ4n) is 2.43. The van der Waals surface area contributed by atoms with E-state index in [4.69, 9.17) is 4.74 Å². The second-order valence-electron chi connectivity index (χ2n) is 5.93. The molecule has 0 spiro atoms. The highest BCUT2D eigenvalue weighted by molar-refractivity contribution is 5.95. The average Bonchev–Trinajstić information content (AvgIpc) is 3.24. The largest absolute Gasteiger partial charge is 0.493 e. The van der Waals surface area contributed by atoms with Gasteiger partial charge < -0.3 is 15.0 Å². The summed E-state index contributed by atoms with van der Waals surface area (Å²) in [6, 6.07) is 7.07. The Morgan fingerprint density at radius 2 is 2.05 bits per heavy atom. The number of likely N-dealkylation sites (N-methyl/N-ethyl adjacent to an activating group) is 1. The predicted molar refractivity (Wildman–Crippen MR) is 78.2 cm³/mol. The lowest BCUT2D eigenvalue weighted by Crippen LogP contribution is -2.36. The van der Waals surface area contributed by atoms with Gasteiger partial charge in [0.2, 0.25) is 5.91 Å². The Hall–Kier alpha value is -2.04. The van der Waals surface area contributed by atoms with Crippen molar-refractivity contribution in [3.8, 4) is 5.75 Å². The normalized spacial score (nSPS) is 21.5. The molecule has 1 saturated heterocycles. The van der Waals surface area contributed by atoms with Gasteiger partial charge in [0.05, 0.1) is 12.6 Å². The number of hydrogen-bond acceptors (Lipinski definition) is 3. The van der Waals surface area contributed by atoms with Crippen LogP contribution in [0.2, 0.25) is 0 Å². The zero-order chi connectivity index (χ0) is 14.8. The van der Waals surface area contributed by atoms with Gasteiger partial charge in [0.25, 0.3) is 5.91 Å². The molecule has 1 aliphatic heterocycles. The maximum absolute atomic E-state index is 12.1. The Bertz CT molecular complexity index is 537. The second-order valence-corrected chi connectivity index (χ2v) is 5.93. The van der Waals surface area contributed by atoms with Crippen LogP contribution in [0, 0.1) is 5.92 Å². The smallest absolute Gasteiger partial charge is 0.251 e. The van der Waals surface area contributed by atoms with Crippen molar-refractivity contribution in [2.75, 3.05) is 20.2 Å². The third-order valence-corrected chi connectivity index (χ3v) is 3.98. The molecule has 21 heavy (non-hydrogen) atoms. The third kappa shape index (κ3) is 3.54. The van der Waals surface area contributed by atoms with Crippen molar-refractivity contribution in [1.82, 2.24) is 10.2 Å². The first kappa shape index (κ1) is 13.9. The summed E-state index contributed by atoms with van der Waals surface area (Å²) in [7, 11) is 1.75. The van der Waals surface area contributed by atoms with Crippen molar-refractivity contribution >= 4 is 11.8 Å². The van der Waals surface area contributed by atoms with Crippen molar-refractivity contribution in [3.63, 3.8) is 0 Å². The molecule has 1 aromatic carbocycles. The highest BCUT2D eigenvalue weighted by Gasteiger charge is 2.28. The Labute approximate surface area is 124 Å². The highest BCUT2D eigenvalue weighted by atomic mass is 16.5. The number of nitrogens with zero attached hydrogens (tertiary/aromatic N) is 1. The molecule has 1 saturated carbocycles. The van der Waals surface area contributed by atoms with Gasteiger partial charge in [-0.15, -0.1) is 0 Å². The topological polar surface area (TPSA) is 58.6 Å². The number of carbonyl (C=O) groups is 2. The molecule has 1 heterocycles. The van der Waals surface area contributed by atoms with Crippen LogP contribution < -0.4 is 10.1 Å². The van der Waals surface area contributed by atoms with E-state index in [0.717, 1.165) is 12.4 Å². The predicted octanol–water partition coefficient (Wildman–Crippen LogP) is 1.44. The van der Waals surface area contributed by atoms with E-state index in [0.29, 0.717) is 24.4 Å². The van der Waals surface area contributed by atoms with E-state index in [9.17, 15) is 9.59 Å². The third-order valence-electron chi connectivity index (χ3n) is 3.98. The van der Waals surface area contributed by atoms with Crippen molar-refractivity contribution in [1.29, 1.82) is 0 Å². The molecule has 1 N–H and O–H groups in total. The Balaban J connectivity index is 1.53. The SMILES string of the molecule is CN1CC(NC(=O)c2ccc(OCC3CC3)cc2)CC1=O. The Kier molecular flexibility index (Phi) is 3.82. The quantitative estimate of drug-likeness (QED) is 0.892. The lowest BCUT2D eigenvalue weighted by Gasteiger charge is -2.12. The molecular weight excluding hydrogens is 268 g/mol. The van der Waals surface area contributed by atoms with E-state index in [1.165, 1.54) is 12.8 Å². The first-order valence-corrected chi connectivity index (χ1v) is 7.39. The van der Waals surface area contributed by atoms with Gasteiger partial charge >= 0.3 is 0 Å². The summed E-state index contributed by atoms with van der Waals surface area (Å²) in [6.45, 7) is 1.34. The average molecular weight is 288 g/mol. The van der Waals surface area contributed by atoms with Gasteiger partial charge in [-0.3, -0.25) is 9.59 Å². The van der Waals surface area contributed by atoms with E-state index >= 15 is 0 Å². The van der Waals surface area contributed by atoms with E-state index < -0.39 is 0 Å². The standard InChI is InChI=1S/C16H20N2O3/c1-18-9-13(8-15(18)19)17-16(20)12-4-6-14(7-5-12)21-10-11-2-3-11/h4-7,11,13H,2-3,8-10H2,1H3,(H,17,20). The maximum Gasteiger partial charge on any atom is 0.251 e. The van der Waals surface area contributed by atoms with Gasteiger partial charge in [-0.25, -0.2) is 0 Å². The molecule has 0 bridgehead atoms. The Morgan fingerprint density at radius 3 is 2.62 bits per heavy atom. The van der Waals surface area contributed by atoms with E-state index in [1.807, 2.05) is 12.1 Å². The minimum atomic E-state index is -0.142. The molecule has 2 amide bonds. The zero-order valence-corrected chi connectivity index (χ0v) is 12.2. The van der Waals surface area contributed by atoms with Crippen LogP contribution in [0.25, 0.3) is 0 Å².